The second kappa shape index (κ2) is 7.97. The Labute approximate surface area is 125 Å². The number of carbonyl (C=O) groups is 3. The Balaban J connectivity index is 2.35. The number of nitrogens with zero attached hydrogens (tertiary/aromatic N) is 2. The summed E-state index contributed by atoms with van der Waals surface area (Å²) in [5.41, 5.74) is 0. The molecule has 0 spiro atoms. The highest BCUT2D eigenvalue weighted by Crippen LogP contribution is 2.17. The Morgan fingerprint density at radius 1 is 1.33 bits per heavy atom. The van der Waals surface area contributed by atoms with Gasteiger partial charge < -0.3 is 14.9 Å². The minimum atomic E-state index is -0.790. The van der Waals surface area contributed by atoms with Crippen LogP contribution in [0.15, 0.2) is 0 Å². The summed E-state index contributed by atoms with van der Waals surface area (Å²) in [6.07, 6.45) is 0.988. The second-order valence-electron chi connectivity index (χ2n) is 5.45. The van der Waals surface area contributed by atoms with E-state index >= 15 is 0 Å². The zero-order valence-electron chi connectivity index (χ0n) is 13.0. The number of amides is 2. The lowest BCUT2D eigenvalue weighted by molar-refractivity contribution is -0.145. The summed E-state index contributed by atoms with van der Waals surface area (Å²) in [5, 5.41) is 11.8. The molecule has 0 radical (unpaired) electrons. The Morgan fingerprint density at radius 2 is 1.90 bits per heavy atom. The first kappa shape index (κ1) is 17.4. The Bertz CT molecular complexity index is 392. The number of likely N-dealkylation sites (N-methyl/N-ethyl adjacent to an activating group) is 1. The number of carbonyl (C=O) groups excluding carboxylic acids is 2. The largest absolute Gasteiger partial charge is 0.481 e. The molecule has 1 unspecified atom stereocenters. The van der Waals surface area contributed by atoms with E-state index in [1.54, 1.807) is 23.8 Å². The Morgan fingerprint density at radius 3 is 2.38 bits per heavy atom. The van der Waals surface area contributed by atoms with Crippen LogP contribution in [0.5, 0.6) is 0 Å². The van der Waals surface area contributed by atoms with E-state index in [2.05, 4.69) is 5.32 Å². The predicted octanol–water partition coefficient (Wildman–Crippen LogP) is -0.234. The summed E-state index contributed by atoms with van der Waals surface area (Å²) >= 11 is 0. The lowest BCUT2D eigenvalue weighted by atomic mass is 9.97. The molecule has 120 valence electrons. The highest BCUT2D eigenvalue weighted by molar-refractivity contribution is 5.83. The smallest absolute Gasteiger partial charge is 0.306 e. The number of hydrogen-bond acceptors (Lipinski definition) is 4. The van der Waals surface area contributed by atoms with Crippen molar-refractivity contribution >= 4 is 17.8 Å². The van der Waals surface area contributed by atoms with Crippen LogP contribution < -0.4 is 5.32 Å². The van der Waals surface area contributed by atoms with Crippen molar-refractivity contribution in [2.45, 2.75) is 32.7 Å². The molecule has 7 heteroatoms. The molecule has 1 heterocycles. The van der Waals surface area contributed by atoms with E-state index < -0.39 is 12.0 Å². The maximum absolute atomic E-state index is 12.0. The van der Waals surface area contributed by atoms with E-state index in [9.17, 15) is 14.4 Å². The van der Waals surface area contributed by atoms with E-state index in [0.29, 0.717) is 32.5 Å². The summed E-state index contributed by atoms with van der Waals surface area (Å²) in [5.74, 6) is -1.27. The molecule has 0 saturated carbocycles. The van der Waals surface area contributed by atoms with E-state index in [-0.39, 0.29) is 24.3 Å². The summed E-state index contributed by atoms with van der Waals surface area (Å²) in [4.78, 5) is 38.0. The molecule has 0 aromatic rings. The molecule has 2 N–H and O–H groups in total. The van der Waals surface area contributed by atoms with Gasteiger partial charge in [0.15, 0.2) is 0 Å². The Hall–Kier alpha value is -1.63. The molecule has 1 atom stereocenters. The fourth-order valence-corrected chi connectivity index (χ4v) is 2.30. The van der Waals surface area contributed by atoms with E-state index in [0.717, 1.165) is 0 Å². The molecule has 0 aromatic carbocycles. The second-order valence-corrected chi connectivity index (χ2v) is 5.45. The monoisotopic (exact) mass is 299 g/mol. The van der Waals surface area contributed by atoms with Crippen molar-refractivity contribution in [2.24, 2.45) is 5.92 Å². The normalized spacial score (nSPS) is 17.4. The maximum Gasteiger partial charge on any atom is 0.306 e. The average molecular weight is 299 g/mol. The summed E-state index contributed by atoms with van der Waals surface area (Å²) in [6, 6.07) is -0.407. The van der Waals surface area contributed by atoms with Gasteiger partial charge in [0.1, 0.15) is 0 Å². The number of hydrogen-bond donors (Lipinski definition) is 2. The van der Waals surface area contributed by atoms with Crippen molar-refractivity contribution in [3.05, 3.63) is 0 Å². The van der Waals surface area contributed by atoms with E-state index in [1.807, 2.05) is 6.92 Å². The van der Waals surface area contributed by atoms with Crippen LogP contribution in [0.3, 0.4) is 0 Å². The highest BCUT2D eigenvalue weighted by Gasteiger charge is 2.27. The molecule has 21 heavy (non-hydrogen) atoms. The van der Waals surface area contributed by atoms with Crippen LogP contribution in [0.4, 0.5) is 0 Å². The third-order valence-electron chi connectivity index (χ3n) is 3.98. The van der Waals surface area contributed by atoms with Crippen LogP contribution in [0.25, 0.3) is 0 Å². The van der Waals surface area contributed by atoms with Crippen LogP contribution in [-0.2, 0) is 14.4 Å². The number of carboxylic acids is 1. The SMILES string of the molecule is CCN(C)C(=O)C(C)NCC(=O)N1CCC(C(=O)O)CC1. The molecular formula is C14H25N3O4. The lowest BCUT2D eigenvalue weighted by Crippen LogP contribution is -2.49. The van der Waals surface area contributed by atoms with Gasteiger partial charge in [-0.15, -0.1) is 0 Å². The zero-order chi connectivity index (χ0) is 16.0. The fraction of sp³-hybridized carbons (Fsp3) is 0.786. The number of aliphatic carboxylic acids is 1. The lowest BCUT2D eigenvalue weighted by Gasteiger charge is -2.30. The molecule has 7 nitrogen and oxygen atoms in total. The number of carboxylic acid groups (broad SMARTS) is 1. The van der Waals surface area contributed by atoms with Crippen molar-refractivity contribution in [3.8, 4) is 0 Å². The number of nitrogens with one attached hydrogen (secondary N) is 1. The minimum absolute atomic E-state index is 0.0464. The number of piperidine rings is 1. The van der Waals surface area contributed by atoms with Crippen molar-refractivity contribution in [1.29, 1.82) is 0 Å². The standard InChI is InChI=1S/C14H25N3O4/c1-4-16(3)13(19)10(2)15-9-12(18)17-7-5-11(6-8-17)14(20)21/h10-11,15H,4-9H2,1-3H3,(H,20,21). The number of rotatable bonds is 6. The van der Waals surface area contributed by atoms with Gasteiger partial charge in [-0.3, -0.25) is 19.7 Å². The topological polar surface area (TPSA) is 90.0 Å². The molecule has 0 bridgehead atoms. The van der Waals surface area contributed by atoms with E-state index in [4.69, 9.17) is 5.11 Å². The first-order valence-electron chi connectivity index (χ1n) is 7.35. The average Bonchev–Trinajstić information content (AvgIpc) is 2.50. The van der Waals surface area contributed by atoms with Crippen molar-refractivity contribution < 1.29 is 19.5 Å². The molecule has 1 aliphatic rings. The quantitative estimate of drug-likeness (QED) is 0.707. The fourth-order valence-electron chi connectivity index (χ4n) is 2.30. The van der Waals surface area contributed by atoms with Crippen LogP contribution in [-0.4, -0.2) is 72.0 Å². The molecule has 1 fully saturated rings. The first-order valence-corrected chi connectivity index (χ1v) is 7.35. The van der Waals surface area contributed by atoms with Gasteiger partial charge in [-0.2, -0.15) is 0 Å². The molecule has 0 aromatic heterocycles. The van der Waals surface area contributed by atoms with Gasteiger partial charge in [-0.1, -0.05) is 0 Å². The molecule has 1 saturated heterocycles. The summed E-state index contributed by atoms with van der Waals surface area (Å²) in [6.45, 7) is 5.29. The van der Waals surface area contributed by atoms with Gasteiger partial charge in [0.2, 0.25) is 11.8 Å². The molecular weight excluding hydrogens is 274 g/mol. The highest BCUT2D eigenvalue weighted by atomic mass is 16.4. The van der Waals surface area contributed by atoms with Crippen molar-refractivity contribution in [1.82, 2.24) is 15.1 Å². The van der Waals surface area contributed by atoms with Gasteiger partial charge >= 0.3 is 5.97 Å². The van der Waals surface area contributed by atoms with Crippen molar-refractivity contribution in [2.75, 3.05) is 33.2 Å². The molecule has 1 rings (SSSR count). The third kappa shape index (κ3) is 5.00. The van der Waals surface area contributed by atoms with Gasteiger partial charge in [-0.25, -0.2) is 0 Å². The maximum atomic E-state index is 12.0. The van der Waals surface area contributed by atoms with Gasteiger partial charge in [0, 0.05) is 26.7 Å². The van der Waals surface area contributed by atoms with Crippen LogP contribution in [0.2, 0.25) is 0 Å². The Kier molecular flexibility index (Phi) is 6.61. The first-order chi connectivity index (χ1) is 9.86. The summed E-state index contributed by atoms with van der Waals surface area (Å²) in [7, 11) is 1.72. The summed E-state index contributed by atoms with van der Waals surface area (Å²) < 4.78 is 0. The molecule has 0 aliphatic carbocycles. The van der Waals surface area contributed by atoms with Crippen LogP contribution in [0.1, 0.15) is 26.7 Å². The van der Waals surface area contributed by atoms with Crippen LogP contribution >= 0.6 is 0 Å². The molecule has 2 amide bonds. The van der Waals surface area contributed by atoms with Crippen molar-refractivity contribution in [3.63, 3.8) is 0 Å². The van der Waals surface area contributed by atoms with E-state index in [1.165, 1.54) is 0 Å². The minimum Gasteiger partial charge on any atom is -0.481 e. The van der Waals surface area contributed by atoms with Crippen LogP contribution in [0, 0.1) is 5.92 Å². The third-order valence-corrected chi connectivity index (χ3v) is 3.98. The number of likely N-dealkylation sites (tertiary alicyclic amines) is 1. The van der Waals surface area contributed by atoms with Gasteiger partial charge in [-0.05, 0) is 26.7 Å². The van der Waals surface area contributed by atoms with Gasteiger partial charge in [0.05, 0.1) is 18.5 Å². The zero-order valence-corrected chi connectivity index (χ0v) is 13.0. The van der Waals surface area contributed by atoms with Gasteiger partial charge in [0.25, 0.3) is 0 Å². The molecule has 1 aliphatic heterocycles. The predicted molar refractivity (Wildman–Crippen MR) is 77.7 cm³/mol.